The lowest BCUT2D eigenvalue weighted by atomic mass is 9.79. The van der Waals surface area contributed by atoms with E-state index in [2.05, 4.69) is 454 Å². The molecule has 0 unspecified atom stereocenters. The van der Waals surface area contributed by atoms with Crippen LogP contribution in [0, 0.1) is 18.3 Å². The SMILES string of the molecule is Cc1ccc2c(c1)c1cc(N(c3ccccc3)c3ccccc3)ccc1n2-c1ccc(-c2cccc(C#N)c2)cc1-c1ccc(-n2c3ccc(N(c4ccccc4)c4ccccc4)cc3c3cc(N(c4ccccc4)c4ccccc4)ccc32)c(-c2nc(-c3cc(C(C)(C)C)cc(C(C)(C)C)c3)nc(-c3cc(C(C)(C)C)cc(C(C)(C)C)c3)n2)c1. The Morgan fingerprint density at radius 3 is 0.908 bits per heavy atom. The van der Waals surface area contributed by atoms with Crippen molar-refractivity contribution < 1.29 is 0 Å². The molecule has 0 bridgehead atoms. The molecule has 0 radical (unpaired) electrons. The van der Waals surface area contributed by atoms with E-state index in [9.17, 15) is 5.26 Å². The molecular formula is C111H97N9. The first-order valence-corrected chi connectivity index (χ1v) is 41.6. The smallest absolute Gasteiger partial charge is 0.166 e. The Morgan fingerprint density at radius 2 is 0.558 bits per heavy atom. The maximum atomic E-state index is 10.6. The zero-order valence-corrected chi connectivity index (χ0v) is 70.5. The van der Waals surface area contributed by atoms with Crippen LogP contribution in [0.15, 0.2) is 352 Å². The molecule has 120 heavy (non-hydrogen) atoms. The summed E-state index contributed by atoms with van der Waals surface area (Å²) in [5, 5.41) is 14.9. The van der Waals surface area contributed by atoms with E-state index < -0.39 is 0 Å². The summed E-state index contributed by atoms with van der Waals surface area (Å²) in [5.41, 5.74) is 27.2. The van der Waals surface area contributed by atoms with Crippen LogP contribution < -0.4 is 14.7 Å². The lowest BCUT2D eigenvalue weighted by Crippen LogP contribution is -2.17. The number of nitriles is 1. The quantitative estimate of drug-likeness (QED) is 0.0953. The van der Waals surface area contributed by atoms with Crippen molar-refractivity contribution in [2.45, 2.75) is 112 Å². The summed E-state index contributed by atoms with van der Waals surface area (Å²) in [4.78, 5) is 24.8. The Morgan fingerprint density at radius 1 is 0.250 bits per heavy atom. The van der Waals surface area contributed by atoms with Crippen molar-refractivity contribution >= 4 is 94.8 Å². The van der Waals surface area contributed by atoms with Gasteiger partial charge in [-0.15, -0.1) is 0 Å². The summed E-state index contributed by atoms with van der Waals surface area (Å²) in [5.74, 6) is 1.64. The van der Waals surface area contributed by atoms with Gasteiger partial charge in [0.15, 0.2) is 17.5 Å². The van der Waals surface area contributed by atoms with E-state index in [1.54, 1.807) is 0 Å². The van der Waals surface area contributed by atoms with Crippen molar-refractivity contribution in [1.29, 1.82) is 5.26 Å². The van der Waals surface area contributed by atoms with Crippen LogP contribution in [0.25, 0.3) is 111 Å². The predicted octanol–water partition coefficient (Wildman–Crippen LogP) is 30.2. The maximum absolute atomic E-state index is 10.6. The fourth-order valence-electron chi connectivity index (χ4n) is 16.9. The van der Waals surface area contributed by atoms with E-state index in [4.69, 9.17) is 15.0 Å². The minimum atomic E-state index is -0.224. The van der Waals surface area contributed by atoms with Gasteiger partial charge in [-0.05, 0) is 268 Å². The number of aromatic nitrogens is 5. The predicted molar refractivity (Wildman–Crippen MR) is 504 cm³/mol. The third-order valence-corrected chi connectivity index (χ3v) is 23.3. The molecule has 0 aliphatic carbocycles. The Labute approximate surface area is 705 Å². The van der Waals surface area contributed by atoms with Crippen LogP contribution in [0.4, 0.5) is 51.2 Å². The van der Waals surface area contributed by atoms with Crippen molar-refractivity contribution in [3.8, 4) is 73.9 Å². The zero-order chi connectivity index (χ0) is 82.9. The summed E-state index contributed by atoms with van der Waals surface area (Å²) < 4.78 is 4.90. The first kappa shape index (κ1) is 77.1. The number of fused-ring (bicyclic) bond motifs is 6. The number of nitrogens with zero attached hydrogens (tertiary/aromatic N) is 9. The van der Waals surface area contributed by atoms with E-state index in [1.165, 1.54) is 22.3 Å². The normalized spacial score (nSPS) is 12.0. The van der Waals surface area contributed by atoms with Gasteiger partial charge in [0.2, 0.25) is 0 Å². The molecule has 0 aliphatic heterocycles. The molecule has 0 spiro atoms. The highest BCUT2D eigenvalue weighted by molar-refractivity contribution is 6.14. The van der Waals surface area contributed by atoms with E-state index in [1.807, 2.05) is 18.2 Å². The van der Waals surface area contributed by atoms with Gasteiger partial charge >= 0.3 is 0 Å². The molecule has 0 saturated carbocycles. The zero-order valence-electron chi connectivity index (χ0n) is 70.5. The third-order valence-electron chi connectivity index (χ3n) is 23.3. The second kappa shape index (κ2) is 30.7. The molecule has 9 nitrogen and oxygen atoms in total. The van der Waals surface area contributed by atoms with Crippen molar-refractivity contribution in [2.24, 2.45) is 0 Å². The molecule has 0 aliphatic rings. The summed E-state index contributed by atoms with van der Waals surface area (Å²) in [7, 11) is 0. The number of hydrogen-bond acceptors (Lipinski definition) is 7. The number of hydrogen-bond donors (Lipinski definition) is 0. The van der Waals surface area contributed by atoms with Crippen LogP contribution in [-0.4, -0.2) is 24.1 Å². The van der Waals surface area contributed by atoms with Crippen molar-refractivity contribution in [1.82, 2.24) is 24.1 Å². The van der Waals surface area contributed by atoms with Gasteiger partial charge in [-0.25, -0.2) is 15.0 Å². The number of aryl methyl sites for hydroxylation is 1. The fraction of sp³-hybridized carbons (Fsp3) is 0.153. The Bertz CT molecular complexity index is 6530. The highest BCUT2D eigenvalue weighted by Crippen LogP contribution is 2.49. The third kappa shape index (κ3) is 14.8. The first-order chi connectivity index (χ1) is 57.9. The van der Waals surface area contributed by atoms with Crippen LogP contribution in [0.3, 0.4) is 0 Å². The first-order valence-electron chi connectivity index (χ1n) is 41.6. The Balaban J connectivity index is 0.970. The van der Waals surface area contributed by atoms with Gasteiger partial charge in [-0.3, -0.25) is 0 Å². The number of rotatable bonds is 16. The highest BCUT2D eigenvalue weighted by atomic mass is 15.2. The Hall–Kier alpha value is -14.2. The maximum Gasteiger partial charge on any atom is 0.166 e. The largest absolute Gasteiger partial charge is 0.310 e. The molecule has 18 aromatic rings. The molecule has 0 N–H and O–H groups in total. The number of benzene rings is 15. The highest BCUT2D eigenvalue weighted by Gasteiger charge is 2.30. The number of anilines is 9. The monoisotopic (exact) mass is 1560 g/mol. The second-order valence-electron chi connectivity index (χ2n) is 35.9. The van der Waals surface area contributed by atoms with Crippen LogP contribution in [0.1, 0.15) is 116 Å². The van der Waals surface area contributed by atoms with Gasteiger partial charge < -0.3 is 23.8 Å². The van der Waals surface area contributed by atoms with Gasteiger partial charge in [-0.2, -0.15) is 5.26 Å². The molecule has 0 atom stereocenters. The molecule has 3 aromatic heterocycles. The molecule has 586 valence electrons. The molecule has 18 rings (SSSR count). The van der Waals surface area contributed by atoms with Crippen LogP contribution in [0.5, 0.6) is 0 Å². The average molecular weight is 1560 g/mol. The molecule has 9 heteroatoms. The minimum absolute atomic E-state index is 0.224. The van der Waals surface area contributed by atoms with Crippen molar-refractivity contribution in [3.63, 3.8) is 0 Å². The Kier molecular flexibility index (Phi) is 19.7. The molecule has 0 amide bonds. The van der Waals surface area contributed by atoms with E-state index >= 15 is 0 Å². The molecular weight excluding hydrogens is 1460 g/mol. The molecule has 0 saturated heterocycles. The summed E-state index contributed by atoms with van der Waals surface area (Å²) in [6.07, 6.45) is 0. The summed E-state index contributed by atoms with van der Waals surface area (Å²) >= 11 is 0. The van der Waals surface area contributed by atoms with Crippen molar-refractivity contribution in [3.05, 3.63) is 385 Å². The van der Waals surface area contributed by atoms with E-state index in [0.717, 1.165) is 151 Å². The summed E-state index contributed by atoms with van der Waals surface area (Å²) in [6, 6.07) is 130. The van der Waals surface area contributed by atoms with Gasteiger partial charge in [0.25, 0.3) is 0 Å². The van der Waals surface area contributed by atoms with E-state index in [0.29, 0.717) is 23.0 Å². The van der Waals surface area contributed by atoms with Gasteiger partial charge in [0, 0.05) is 95.0 Å². The van der Waals surface area contributed by atoms with Crippen LogP contribution in [0.2, 0.25) is 0 Å². The lowest BCUT2D eigenvalue weighted by Gasteiger charge is -2.26. The molecule has 15 aromatic carbocycles. The standard InChI is InChI=1S/C111H97N9/c1-73-47-53-100-94(59-73)95-69-90(116(84-35-20-14-21-36-84)85-37-22-15-23-38-85)50-56-101(95)119(100)99-54-48-76(75-34-32-33-74(60-75)72-112)65-93(99)77-49-55-104(98(66-77)107-114-105(78-61-80(108(2,3)4)67-81(62-78)109(5,6)7)113-106(115-107)79-63-82(110(8,9)10)68-83(64-79)111(11,12)13)120-102-57-51-91(117(86-39-24-16-25-40-86)87-41-26-17-27-42-87)70-96(102)97-71-92(52-58-103(97)120)118(88-43-28-18-29-44-88)89-45-30-19-31-46-89/h14-71H,1-13H3. The lowest BCUT2D eigenvalue weighted by molar-refractivity contribution is 0.568. The average Bonchev–Trinajstić information content (AvgIpc) is 1.56. The second-order valence-corrected chi connectivity index (χ2v) is 35.9. The van der Waals surface area contributed by atoms with Gasteiger partial charge in [0.05, 0.1) is 45.1 Å². The van der Waals surface area contributed by atoms with E-state index in [-0.39, 0.29) is 21.7 Å². The van der Waals surface area contributed by atoms with Gasteiger partial charge in [-0.1, -0.05) is 240 Å². The van der Waals surface area contributed by atoms with Crippen LogP contribution >= 0.6 is 0 Å². The molecule has 3 heterocycles. The fourth-order valence-corrected chi connectivity index (χ4v) is 16.9. The molecule has 0 fully saturated rings. The van der Waals surface area contributed by atoms with Crippen molar-refractivity contribution in [2.75, 3.05) is 14.7 Å². The minimum Gasteiger partial charge on any atom is -0.310 e. The van der Waals surface area contributed by atoms with Crippen LogP contribution in [-0.2, 0) is 21.7 Å². The number of para-hydroxylation sites is 6. The summed E-state index contributed by atoms with van der Waals surface area (Å²) in [6.45, 7) is 29.7. The topological polar surface area (TPSA) is 82.0 Å². The van der Waals surface area contributed by atoms with Gasteiger partial charge in [0.1, 0.15) is 0 Å².